The minimum absolute atomic E-state index is 0.0918. The number of aryl methyl sites for hydroxylation is 1. The lowest BCUT2D eigenvalue weighted by molar-refractivity contribution is -0.121. The Balaban J connectivity index is 1.44. The average molecular weight is 409 g/mol. The third-order valence-corrected chi connectivity index (χ3v) is 5.64. The maximum absolute atomic E-state index is 12.3. The van der Waals surface area contributed by atoms with E-state index in [-0.39, 0.29) is 11.8 Å². The van der Waals surface area contributed by atoms with Crippen LogP contribution in [0.1, 0.15) is 43.2 Å². The first-order valence-corrected chi connectivity index (χ1v) is 10.5. The number of carbonyl (C=O) groups is 1. The quantitative estimate of drug-likeness (QED) is 0.714. The number of nitrogens with one attached hydrogen (secondary N) is 1. The van der Waals surface area contributed by atoms with Crippen molar-refractivity contribution in [3.05, 3.63) is 54.4 Å². The number of hydrogen-bond acceptors (Lipinski definition) is 6. The predicted octanol–water partition coefficient (Wildman–Crippen LogP) is 2.75. The first-order valence-electron chi connectivity index (χ1n) is 10.5. The number of aromatic nitrogens is 4. The predicted molar refractivity (Wildman–Crippen MR) is 112 cm³/mol. The van der Waals surface area contributed by atoms with Crippen molar-refractivity contribution in [3.63, 3.8) is 0 Å². The van der Waals surface area contributed by atoms with E-state index in [4.69, 9.17) is 4.52 Å². The molecule has 158 valence electrons. The summed E-state index contributed by atoms with van der Waals surface area (Å²) in [6.45, 7) is 3.14. The van der Waals surface area contributed by atoms with Gasteiger partial charge in [0, 0.05) is 68.9 Å². The van der Waals surface area contributed by atoms with Crippen molar-refractivity contribution < 1.29 is 9.32 Å². The van der Waals surface area contributed by atoms with Crippen LogP contribution in [0.2, 0.25) is 0 Å². The van der Waals surface area contributed by atoms with E-state index in [2.05, 4.69) is 55.3 Å². The Labute approximate surface area is 176 Å². The molecular weight excluding hydrogens is 380 g/mol. The number of amides is 1. The van der Waals surface area contributed by atoms with Crippen molar-refractivity contribution in [1.29, 1.82) is 0 Å². The highest BCUT2D eigenvalue weighted by molar-refractivity contribution is 5.76. The van der Waals surface area contributed by atoms with Gasteiger partial charge in [0.25, 0.3) is 0 Å². The van der Waals surface area contributed by atoms with Crippen LogP contribution in [0.4, 0.5) is 0 Å². The monoisotopic (exact) mass is 408 g/mol. The van der Waals surface area contributed by atoms with Gasteiger partial charge in [0.1, 0.15) is 0 Å². The largest absolute Gasteiger partial charge is 0.356 e. The van der Waals surface area contributed by atoms with E-state index < -0.39 is 0 Å². The highest BCUT2D eigenvalue weighted by Gasteiger charge is 2.21. The van der Waals surface area contributed by atoms with Crippen LogP contribution in [0.5, 0.6) is 0 Å². The van der Waals surface area contributed by atoms with Crippen molar-refractivity contribution in [1.82, 2.24) is 29.9 Å². The molecular formula is C22H28N6O2. The lowest BCUT2D eigenvalue weighted by atomic mass is 9.99. The summed E-state index contributed by atoms with van der Waals surface area (Å²) >= 11 is 0. The fourth-order valence-electron chi connectivity index (χ4n) is 3.86. The van der Waals surface area contributed by atoms with E-state index in [1.54, 1.807) is 12.4 Å². The zero-order valence-electron chi connectivity index (χ0n) is 17.3. The van der Waals surface area contributed by atoms with E-state index >= 15 is 0 Å². The van der Waals surface area contributed by atoms with Gasteiger partial charge in [0.05, 0.1) is 0 Å². The molecule has 4 heterocycles. The Morgan fingerprint density at radius 3 is 2.97 bits per heavy atom. The standard InChI is InChI=1S/C22H28N6O2/c1-27-12-4-7-19(27)16-28-13-3-6-17(8-11-24-20(29)9-14-28)22-25-21(26-30-22)18-5-2-10-23-15-18/h2,4-5,7,10,12,15,17H,3,6,8-9,11,13-14,16H2,1H3,(H,24,29). The number of carbonyl (C=O) groups excluding carboxylic acids is 1. The number of rotatable bonds is 4. The van der Waals surface area contributed by atoms with E-state index in [0.29, 0.717) is 24.7 Å². The van der Waals surface area contributed by atoms with Crippen LogP contribution in [0.25, 0.3) is 11.4 Å². The fraction of sp³-hybridized carbons (Fsp3) is 0.455. The zero-order valence-corrected chi connectivity index (χ0v) is 17.3. The molecule has 1 aliphatic heterocycles. The Bertz CT molecular complexity index is 951. The molecule has 1 unspecified atom stereocenters. The molecule has 1 atom stereocenters. The van der Waals surface area contributed by atoms with Crippen molar-refractivity contribution in [2.24, 2.45) is 7.05 Å². The van der Waals surface area contributed by atoms with Gasteiger partial charge in [0.2, 0.25) is 17.6 Å². The highest BCUT2D eigenvalue weighted by atomic mass is 16.5. The lowest BCUT2D eigenvalue weighted by Crippen LogP contribution is -2.31. The summed E-state index contributed by atoms with van der Waals surface area (Å²) in [5.41, 5.74) is 2.09. The number of hydrogen-bond donors (Lipinski definition) is 1. The molecule has 8 heteroatoms. The van der Waals surface area contributed by atoms with E-state index in [9.17, 15) is 4.79 Å². The first kappa shape index (κ1) is 20.3. The normalized spacial score (nSPS) is 19.2. The van der Waals surface area contributed by atoms with Gasteiger partial charge in [-0.1, -0.05) is 5.16 Å². The smallest absolute Gasteiger partial charge is 0.230 e. The Kier molecular flexibility index (Phi) is 6.53. The third-order valence-electron chi connectivity index (χ3n) is 5.64. The van der Waals surface area contributed by atoms with Gasteiger partial charge >= 0.3 is 0 Å². The van der Waals surface area contributed by atoms with Crippen molar-refractivity contribution in [3.8, 4) is 11.4 Å². The maximum atomic E-state index is 12.3. The fourth-order valence-corrected chi connectivity index (χ4v) is 3.86. The summed E-state index contributed by atoms with van der Waals surface area (Å²) in [4.78, 5) is 23.3. The van der Waals surface area contributed by atoms with Gasteiger partial charge in [-0.05, 0) is 50.1 Å². The second-order valence-electron chi connectivity index (χ2n) is 7.81. The molecule has 4 rings (SSSR count). The Morgan fingerprint density at radius 1 is 1.23 bits per heavy atom. The van der Waals surface area contributed by atoms with Gasteiger partial charge in [-0.25, -0.2) is 0 Å². The summed E-state index contributed by atoms with van der Waals surface area (Å²) in [7, 11) is 2.06. The second kappa shape index (κ2) is 9.67. The molecule has 3 aromatic rings. The summed E-state index contributed by atoms with van der Waals surface area (Å²) < 4.78 is 7.73. The minimum atomic E-state index is 0.0918. The molecule has 8 nitrogen and oxygen atoms in total. The van der Waals surface area contributed by atoms with Crippen molar-refractivity contribution in [2.75, 3.05) is 19.6 Å². The van der Waals surface area contributed by atoms with Crippen LogP contribution in [0.15, 0.2) is 47.4 Å². The Morgan fingerprint density at radius 2 is 2.17 bits per heavy atom. The van der Waals surface area contributed by atoms with Crippen molar-refractivity contribution in [2.45, 2.75) is 38.1 Å². The molecule has 0 aliphatic carbocycles. The number of nitrogens with zero attached hydrogens (tertiary/aromatic N) is 5. The molecule has 1 amide bonds. The average Bonchev–Trinajstić information content (AvgIpc) is 3.40. The summed E-state index contributed by atoms with van der Waals surface area (Å²) in [6.07, 6.45) is 8.76. The van der Waals surface area contributed by atoms with Crippen molar-refractivity contribution >= 4 is 5.91 Å². The van der Waals surface area contributed by atoms with Crippen LogP contribution in [0, 0.1) is 0 Å². The molecule has 0 bridgehead atoms. The summed E-state index contributed by atoms with van der Waals surface area (Å²) in [5, 5.41) is 7.18. The molecule has 30 heavy (non-hydrogen) atoms. The van der Waals surface area contributed by atoms with E-state index in [1.807, 2.05) is 12.1 Å². The molecule has 0 spiro atoms. The van der Waals surface area contributed by atoms with Crippen LogP contribution < -0.4 is 5.32 Å². The molecule has 3 aromatic heterocycles. The minimum Gasteiger partial charge on any atom is -0.356 e. The van der Waals surface area contributed by atoms with Gasteiger partial charge in [0.15, 0.2) is 0 Å². The molecule has 0 aromatic carbocycles. The Hall–Kier alpha value is -3.00. The third kappa shape index (κ3) is 5.13. The van der Waals surface area contributed by atoms with Crippen LogP contribution in [0.3, 0.4) is 0 Å². The molecule has 1 aliphatic rings. The maximum Gasteiger partial charge on any atom is 0.230 e. The second-order valence-corrected chi connectivity index (χ2v) is 7.81. The zero-order chi connectivity index (χ0) is 20.8. The first-order chi connectivity index (χ1) is 14.7. The topological polar surface area (TPSA) is 89.1 Å². The molecule has 1 saturated heterocycles. The lowest BCUT2D eigenvalue weighted by Gasteiger charge is -2.22. The highest BCUT2D eigenvalue weighted by Crippen LogP contribution is 2.26. The summed E-state index contributed by atoms with van der Waals surface area (Å²) in [6, 6.07) is 7.96. The van der Waals surface area contributed by atoms with Crippen LogP contribution >= 0.6 is 0 Å². The molecule has 1 N–H and O–H groups in total. The number of pyridine rings is 1. The molecule has 0 radical (unpaired) electrons. The van der Waals surface area contributed by atoms with Gasteiger partial charge < -0.3 is 14.4 Å². The molecule has 0 saturated carbocycles. The van der Waals surface area contributed by atoms with Crippen LogP contribution in [-0.4, -0.2) is 50.1 Å². The van der Waals surface area contributed by atoms with Gasteiger partial charge in [-0.2, -0.15) is 4.98 Å². The van der Waals surface area contributed by atoms with Crippen LogP contribution in [-0.2, 0) is 18.4 Å². The van der Waals surface area contributed by atoms with E-state index in [1.165, 1.54) is 5.69 Å². The SMILES string of the molecule is Cn1cccc1CN1CCCC(c2nc(-c3cccnc3)no2)CCNC(=O)CC1. The van der Waals surface area contributed by atoms with Gasteiger partial charge in [-0.15, -0.1) is 0 Å². The molecule has 1 fully saturated rings. The van der Waals surface area contributed by atoms with Gasteiger partial charge in [-0.3, -0.25) is 14.7 Å². The van der Waals surface area contributed by atoms with E-state index in [0.717, 1.165) is 44.5 Å². The summed E-state index contributed by atoms with van der Waals surface area (Å²) in [5.74, 6) is 1.41.